The van der Waals surface area contributed by atoms with E-state index in [1.165, 1.54) is 13.2 Å². The van der Waals surface area contributed by atoms with Gasteiger partial charge in [-0.25, -0.2) is 4.39 Å². The Kier molecular flexibility index (Phi) is 3.68. The number of fused-ring (bicyclic) bond motifs is 1. The maximum absolute atomic E-state index is 13.6. The summed E-state index contributed by atoms with van der Waals surface area (Å²) in [6.45, 7) is 2.52. The second kappa shape index (κ2) is 5.07. The lowest BCUT2D eigenvalue weighted by atomic mass is 10.2. The summed E-state index contributed by atoms with van der Waals surface area (Å²) in [6.07, 6.45) is 0. The van der Waals surface area contributed by atoms with Gasteiger partial charge in [0.15, 0.2) is 16.3 Å². The van der Waals surface area contributed by atoms with E-state index in [-0.39, 0.29) is 11.8 Å². The van der Waals surface area contributed by atoms with Crippen molar-refractivity contribution in [3.63, 3.8) is 0 Å². The monoisotopic (exact) mass is 270 g/mol. The van der Waals surface area contributed by atoms with Gasteiger partial charge in [0.1, 0.15) is 0 Å². The highest BCUT2D eigenvalue weighted by atomic mass is 32.1. The average molecular weight is 270 g/mol. The van der Waals surface area contributed by atoms with Gasteiger partial charge in [0.05, 0.1) is 30.8 Å². The summed E-state index contributed by atoms with van der Waals surface area (Å²) in [6, 6.07) is 3.09. The summed E-state index contributed by atoms with van der Waals surface area (Å²) in [5.41, 5.74) is 1.46. The van der Waals surface area contributed by atoms with Crippen LogP contribution in [-0.4, -0.2) is 30.4 Å². The molecule has 1 unspecified atom stereocenters. The van der Waals surface area contributed by atoms with Crippen molar-refractivity contribution in [1.82, 2.24) is 9.55 Å². The number of imidazole rings is 1. The molecule has 0 radical (unpaired) electrons. The van der Waals surface area contributed by atoms with Crippen molar-refractivity contribution in [2.75, 3.05) is 20.8 Å². The summed E-state index contributed by atoms with van der Waals surface area (Å²) < 4.78 is 26.2. The number of nitrogens with zero attached hydrogens (tertiary/aromatic N) is 1. The highest BCUT2D eigenvalue weighted by Crippen LogP contribution is 2.26. The fourth-order valence-corrected chi connectivity index (χ4v) is 2.42. The maximum Gasteiger partial charge on any atom is 0.178 e. The van der Waals surface area contributed by atoms with Crippen LogP contribution in [0.1, 0.15) is 13.0 Å². The van der Waals surface area contributed by atoms with Gasteiger partial charge >= 0.3 is 0 Å². The van der Waals surface area contributed by atoms with E-state index >= 15 is 0 Å². The molecule has 1 heterocycles. The molecule has 18 heavy (non-hydrogen) atoms. The number of benzene rings is 1. The zero-order chi connectivity index (χ0) is 13.3. The summed E-state index contributed by atoms with van der Waals surface area (Å²) >= 11 is 5.25. The molecule has 0 aliphatic carbocycles. The molecule has 0 saturated heterocycles. The first-order chi connectivity index (χ1) is 8.58. The lowest BCUT2D eigenvalue weighted by molar-refractivity contribution is 0.163. The molecule has 98 valence electrons. The number of aromatic amines is 1. The van der Waals surface area contributed by atoms with E-state index in [0.29, 0.717) is 16.9 Å². The van der Waals surface area contributed by atoms with Crippen molar-refractivity contribution in [2.24, 2.45) is 0 Å². The number of halogens is 1. The molecule has 0 aliphatic heterocycles. The van der Waals surface area contributed by atoms with Crippen molar-refractivity contribution >= 4 is 23.3 Å². The SMILES string of the molecule is COCC(C)n1c(=S)[nH]c2cc(F)c(OC)cc21. The number of H-pyrrole nitrogens is 1. The van der Waals surface area contributed by atoms with Gasteiger partial charge < -0.3 is 19.0 Å². The zero-order valence-electron chi connectivity index (χ0n) is 10.5. The maximum atomic E-state index is 13.6. The van der Waals surface area contributed by atoms with E-state index in [0.717, 1.165) is 5.52 Å². The molecule has 0 bridgehead atoms. The average Bonchev–Trinajstić information content (AvgIpc) is 2.63. The van der Waals surface area contributed by atoms with Crippen molar-refractivity contribution in [2.45, 2.75) is 13.0 Å². The molecule has 0 fully saturated rings. The van der Waals surface area contributed by atoms with Gasteiger partial charge in [-0.2, -0.15) is 0 Å². The van der Waals surface area contributed by atoms with E-state index in [4.69, 9.17) is 21.7 Å². The first kappa shape index (κ1) is 13.0. The van der Waals surface area contributed by atoms with Crippen LogP contribution >= 0.6 is 12.2 Å². The molecule has 0 aliphatic rings. The number of ether oxygens (including phenoxy) is 2. The van der Waals surface area contributed by atoms with Crippen LogP contribution in [0.4, 0.5) is 4.39 Å². The first-order valence-electron chi connectivity index (χ1n) is 5.55. The molecule has 6 heteroatoms. The van der Waals surface area contributed by atoms with Gasteiger partial charge in [0.25, 0.3) is 0 Å². The Balaban J connectivity index is 2.65. The highest BCUT2D eigenvalue weighted by Gasteiger charge is 2.14. The van der Waals surface area contributed by atoms with Crippen LogP contribution in [0, 0.1) is 10.6 Å². The molecule has 2 aromatic rings. The van der Waals surface area contributed by atoms with E-state index in [9.17, 15) is 4.39 Å². The normalized spacial score (nSPS) is 12.9. The smallest absolute Gasteiger partial charge is 0.178 e. The topological polar surface area (TPSA) is 39.2 Å². The van der Waals surface area contributed by atoms with E-state index in [2.05, 4.69) is 4.98 Å². The molecule has 0 saturated carbocycles. The lowest BCUT2D eigenvalue weighted by Crippen LogP contribution is -2.11. The Labute approximate surface area is 109 Å². The predicted octanol–water partition coefficient (Wildman–Crippen LogP) is 3.05. The van der Waals surface area contributed by atoms with Crippen LogP contribution in [-0.2, 0) is 4.74 Å². The summed E-state index contributed by atoms with van der Waals surface area (Å²) in [5.74, 6) is -0.206. The number of methoxy groups -OCH3 is 2. The van der Waals surface area contributed by atoms with Crippen LogP contribution in [0.25, 0.3) is 11.0 Å². The third-order valence-electron chi connectivity index (χ3n) is 2.84. The molecule has 0 amide bonds. The Morgan fingerprint density at radius 3 is 2.78 bits per heavy atom. The summed E-state index contributed by atoms with van der Waals surface area (Å²) in [5, 5.41) is 0. The van der Waals surface area contributed by atoms with Crippen LogP contribution in [0.3, 0.4) is 0 Å². The molecular formula is C12H15FN2O2S. The van der Waals surface area contributed by atoms with E-state index < -0.39 is 5.82 Å². The standard InChI is InChI=1S/C12H15FN2O2S/c1-7(6-16-2)15-10-5-11(17-3)8(13)4-9(10)14-12(15)18/h4-5,7H,6H2,1-3H3,(H,14,18). The van der Waals surface area contributed by atoms with Gasteiger partial charge in [0, 0.05) is 19.2 Å². The molecular weight excluding hydrogens is 255 g/mol. The summed E-state index contributed by atoms with van der Waals surface area (Å²) in [4.78, 5) is 2.99. The van der Waals surface area contributed by atoms with Gasteiger partial charge in [-0.05, 0) is 19.1 Å². The molecule has 1 atom stereocenters. The minimum absolute atomic E-state index is 0.0615. The number of hydrogen-bond acceptors (Lipinski definition) is 3. The number of nitrogens with one attached hydrogen (secondary N) is 1. The summed E-state index contributed by atoms with van der Waals surface area (Å²) in [7, 11) is 3.07. The van der Waals surface area contributed by atoms with Gasteiger partial charge in [-0.1, -0.05) is 0 Å². The van der Waals surface area contributed by atoms with E-state index in [1.54, 1.807) is 13.2 Å². The van der Waals surface area contributed by atoms with Crippen LogP contribution in [0.5, 0.6) is 5.75 Å². The number of hydrogen-bond donors (Lipinski definition) is 1. The van der Waals surface area contributed by atoms with Crippen molar-refractivity contribution in [3.8, 4) is 5.75 Å². The fourth-order valence-electron chi connectivity index (χ4n) is 2.04. The predicted molar refractivity (Wildman–Crippen MR) is 70.2 cm³/mol. The van der Waals surface area contributed by atoms with Gasteiger partial charge in [0.2, 0.25) is 0 Å². The molecule has 2 rings (SSSR count). The minimum atomic E-state index is -0.409. The Bertz CT molecular complexity index is 620. The first-order valence-corrected chi connectivity index (χ1v) is 5.96. The molecule has 4 nitrogen and oxygen atoms in total. The van der Waals surface area contributed by atoms with Gasteiger partial charge in [-0.15, -0.1) is 0 Å². The number of aromatic nitrogens is 2. The Hall–Kier alpha value is -1.40. The molecule has 1 N–H and O–H groups in total. The second-order valence-electron chi connectivity index (χ2n) is 4.11. The molecule has 0 spiro atoms. The van der Waals surface area contributed by atoms with Crippen molar-refractivity contribution < 1.29 is 13.9 Å². The minimum Gasteiger partial charge on any atom is -0.494 e. The van der Waals surface area contributed by atoms with Crippen LogP contribution in [0.15, 0.2) is 12.1 Å². The van der Waals surface area contributed by atoms with E-state index in [1.807, 2.05) is 11.5 Å². The molecule has 1 aromatic carbocycles. The Morgan fingerprint density at radius 1 is 1.44 bits per heavy atom. The third-order valence-corrected chi connectivity index (χ3v) is 3.14. The Morgan fingerprint density at radius 2 is 2.17 bits per heavy atom. The quantitative estimate of drug-likeness (QED) is 0.868. The largest absolute Gasteiger partial charge is 0.494 e. The fraction of sp³-hybridized carbons (Fsp3) is 0.417. The third kappa shape index (κ3) is 2.13. The van der Waals surface area contributed by atoms with Gasteiger partial charge in [-0.3, -0.25) is 0 Å². The number of rotatable bonds is 4. The van der Waals surface area contributed by atoms with Crippen LogP contribution in [0.2, 0.25) is 0 Å². The van der Waals surface area contributed by atoms with Crippen molar-refractivity contribution in [1.29, 1.82) is 0 Å². The second-order valence-corrected chi connectivity index (χ2v) is 4.50. The van der Waals surface area contributed by atoms with Crippen LogP contribution < -0.4 is 4.74 Å². The highest BCUT2D eigenvalue weighted by molar-refractivity contribution is 7.71. The zero-order valence-corrected chi connectivity index (χ0v) is 11.3. The lowest BCUT2D eigenvalue weighted by Gasteiger charge is -2.13. The molecule has 1 aromatic heterocycles. The van der Waals surface area contributed by atoms with Crippen molar-refractivity contribution in [3.05, 3.63) is 22.7 Å².